The number of amides is 1. The molecule has 0 spiro atoms. The molecule has 1 aromatic rings. The van der Waals surface area contributed by atoms with E-state index in [0.29, 0.717) is 0 Å². The van der Waals surface area contributed by atoms with Crippen LogP contribution < -0.4 is 10.6 Å². The molecule has 1 heterocycles. The van der Waals surface area contributed by atoms with E-state index < -0.39 is 0 Å². The zero-order chi connectivity index (χ0) is 11.4. The van der Waals surface area contributed by atoms with Gasteiger partial charge >= 0.3 is 0 Å². The van der Waals surface area contributed by atoms with Gasteiger partial charge in [0.25, 0.3) is 0 Å². The third kappa shape index (κ3) is 2.83. The molecule has 1 fully saturated rings. The highest BCUT2D eigenvalue weighted by Crippen LogP contribution is 2.12. The molecule has 16 heavy (non-hydrogen) atoms. The molecule has 1 amide bonds. The molecule has 3 nitrogen and oxygen atoms in total. The van der Waals surface area contributed by atoms with Crippen LogP contribution in [0.5, 0.6) is 0 Å². The Balaban J connectivity index is 1.96. The molecule has 1 aliphatic rings. The summed E-state index contributed by atoms with van der Waals surface area (Å²) in [5.41, 5.74) is 2.05. The van der Waals surface area contributed by atoms with Crippen LogP contribution in [0.15, 0.2) is 24.3 Å². The molecule has 1 saturated heterocycles. The molecule has 1 atom stereocenters. The lowest BCUT2D eigenvalue weighted by atomic mass is 10.0. The number of aryl methyl sites for hydroxylation is 1. The van der Waals surface area contributed by atoms with E-state index in [1.807, 2.05) is 31.2 Å². The molecular weight excluding hydrogens is 200 g/mol. The topological polar surface area (TPSA) is 41.1 Å². The Kier molecular flexibility index (Phi) is 3.57. The average molecular weight is 218 g/mol. The molecule has 0 bridgehead atoms. The van der Waals surface area contributed by atoms with Crippen molar-refractivity contribution in [1.82, 2.24) is 5.32 Å². The first-order valence-electron chi connectivity index (χ1n) is 5.86. The second-order valence-corrected chi connectivity index (χ2v) is 4.36. The molecule has 0 unspecified atom stereocenters. The van der Waals surface area contributed by atoms with Gasteiger partial charge in [-0.05, 0) is 44.0 Å². The maximum absolute atomic E-state index is 11.9. The van der Waals surface area contributed by atoms with E-state index >= 15 is 0 Å². The van der Waals surface area contributed by atoms with E-state index in [9.17, 15) is 4.79 Å². The third-order valence-corrected chi connectivity index (χ3v) is 2.91. The summed E-state index contributed by atoms with van der Waals surface area (Å²) >= 11 is 0. The number of benzene rings is 1. The predicted molar refractivity (Wildman–Crippen MR) is 65.5 cm³/mol. The van der Waals surface area contributed by atoms with Crippen molar-refractivity contribution in [1.29, 1.82) is 0 Å². The van der Waals surface area contributed by atoms with Crippen LogP contribution in [0.25, 0.3) is 0 Å². The minimum atomic E-state index is -0.0192. The van der Waals surface area contributed by atoms with Crippen LogP contribution >= 0.6 is 0 Å². The standard InChI is InChI=1S/C13H18N2O/c1-10-5-4-6-11(9-10)15-13(16)12-7-2-3-8-14-12/h4-6,9,12,14H,2-3,7-8H2,1H3,(H,15,16)/t12-/m1/s1. The number of nitrogens with one attached hydrogen (secondary N) is 2. The maximum atomic E-state index is 11.9. The second-order valence-electron chi connectivity index (χ2n) is 4.36. The number of hydrogen-bond acceptors (Lipinski definition) is 2. The summed E-state index contributed by atoms with van der Waals surface area (Å²) in [6.07, 6.45) is 3.25. The second kappa shape index (κ2) is 5.12. The first kappa shape index (κ1) is 11.1. The lowest BCUT2D eigenvalue weighted by Gasteiger charge is -2.22. The van der Waals surface area contributed by atoms with Crippen molar-refractivity contribution >= 4 is 11.6 Å². The number of carbonyl (C=O) groups excluding carboxylic acids is 1. The smallest absolute Gasteiger partial charge is 0.241 e. The van der Waals surface area contributed by atoms with Gasteiger partial charge < -0.3 is 10.6 Å². The summed E-state index contributed by atoms with van der Waals surface area (Å²) in [5.74, 6) is 0.0882. The lowest BCUT2D eigenvalue weighted by molar-refractivity contribution is -0.118. The van der Waals surface area contributed by atoms with Crippen LogP contribution in [-0.4, -0.2) is 18.5 Å². The summed E-state index contributed by atoms with van der Waals surface area (Å²) in [6, 6.07) is 7.87. The van der Waals surface area contributed by atoms with Crippen LogP contribution in [-0.2, 0) is 4.79 Å². The molecule has 3 heteroatoms. The van der Waals surface area contributed by atoms with Gasteiger partial charge in [0.2, 0.25) is 5.91 Å². The molecule has 0 saturated carbocycles. The highest BCUT2D eigenvalue weighted by Gasteiger charge is 2.20. The van der Waals surface area contributed by atoms with Gasteiger partial charge in [-0.25, -0.2) is 0 Å². The fraction of sp³-hybridized carbons (Fsp3) is 0.462. The van der Waals surface area contributed by atoms with Crippen molar-refractivity contribution < 1.29 is 4.79 Å². The Morgan fingerprint density at radius 2 is 2.31 bits per heavy atom. The first-order valence-corrected chi connectivity index (χ1v) is 5.86. The minimum Gasteiger partial charge on any atom is -0.325 e. The highest BCUT2D eigenvalue weighted by atomic mass is 16.2. The number of carbonyl (C=O) groups is 1. The molecule has 1 aliphatic heterocycles. The van der Waals surface area contributed by atoms with E-state index in [0.717, 1.165) is 30.6 Å². The Labute approximate surface area is 96.2 Å². The number of piperidine rings is 1. The molecule has 1 aromatic carbocycles. The summed E-state index contributed by atoms with van der Waals surface area (Å²) in [7, 11) is 0. The van der Waals surface area contributed by atoms with Gasteiger partial charge in [-0.1, -0.05) is 18.6 Å². The number of hydrogen-bond donors (Lipinski definition) is 2. The van der Waals surface area contributed by atoms with Crippen molar-refractivity contribution in [3.63, 3.8) is 0 Å². The number of anilines is 1. The molecular formula is C13H18N2O. The zero-order valence-electron chi connectivity index (χ0n) is 9.62. The summed E-state index contributed by atoms with van der Waals surface area (Å²) in [6.45, 7) is 2.97. The van der Waals surface area contributed by atoms with Gasteiger partial charge in [0, 0.05) is 5.69 Å². The van der Waals surface area contributed by atoms with Gasteiger partial charge in [-0.15, -0.1) is 0 Å². The van der Waals surface area contributed by atoms with E-state index in [4.69, 9.17) is 0 Å². The van der Waals surface area contributed by atoms with Crippen LogP contribution in [0.1, 0.15) is 24.8 Å². The summed E-state index contributed by atoms with van der Waals surface area (Å²) in [5, 5.41) is 6.19. The molecule has 0 radical (unpaired) electrons. The normalized spacial score (nSPS) is 20.4. The van der Waals surface area contributed by atoms with Gasteiger partial charge in [0.15, 0.2) is 0 Å². The van der Waals surface area contributed by atoms with E-state index in [2.05, 4.69) is 10.6 Å². The van der Waals surface area contributed by atoms with Gasteiger partial charge in [-0.3, -0.25) is 4.79 Å². The van der Waals surface area contributed by atoms with Crippen LogP contribution in [0.2, 0.25) is 0 Å². The first-order chi connectivity index (χ1) is 7.75. The van der Waals surface area contributed by atoms with Gasteiger partial charge in [-0.2, -0.15) is 0 Å². The van der Waals surface area contributed by atoms with E-state index in [1.165, 1.54) is 6.42 Å². The van der Waals surface area contributed by atoms with Crippen molar-refractivity contribution in [3.8, 4) is 0 Å². The van der Waals surface area contributed by atoms with Crippen molar-refractivity contribution in [2.45, 2.75) is 32.2 Å². The largest absolute Gasteiger partial charge is 0.325 e. The van der Waals surface area contributed by atoms with Gasteiger partial charge in [0.05, 0.1) is 6.04 Å². The maximum Gasteiger partial charge on any atom is 0.241 e. The summed E-state index contributed by atoms with van der Waals surface area (Å²) < 4.78 is 0. The molecule has 86 valence electrons. The third-order valence-electron chi connectivity index (χ3n) is 2.91. The van der Waals surface area contributed by atoms with Crippen LogP contribution in [0, 0.1) is 6.92 Å². The molecule has 0 aliphatic carbocycles. The lowest BCUT2D eigenvalue weighted by Crippen LogP contribution is -2.43. The minimum absolute atomic E-state index is 0.0192. The SMILES string of the molecule is Cc1cccc(NC(=O)[C@H]2CCCCN2)c1. The van der Waals surface area contributed by atoms with E-state index in [1.54, 1.807) is 0 Å². The number of rotatable bonds is 2. The molecule has 2 N–H and O–H groups in total. The van der Waals surface area contributed by atoms with Crippen molar-refractivity contribution in [2.24, 2.45) is 0 Å². The van der Waals surface area contributed by atoms with Crippen molar-refractivity contribution in [3.05, 3.63) is 29.8 Å². The quantitative estimate of drug-likeness (QED) is 0.798. The Bertz CT molecular complexity index is 370. The van der Waals surface area contributed by atoms with Gasteiger partial charge in [0.1, 0.15) is 0 Å². The summed E-state index contributed by atoms with van der Waals surface area (Å²) in [4.78, 5) is 11.9. The average Bonchev–Trinajstić information content (AvgIpc) is 2.30. The molecule has 0 aromatic heterocycles. The van der Waals surface area contributed by atoms with Crippen molar-refractivity contribution in [2.75, 3.05) is 11.9 Å². The Morgan fingerprint density at radius 1 is 1.44 bits per heavy atom. The van der Waals surface area contributed by atoms with Crippen LogP contribution in [0.4, 0.5) is 5.69 Å². The monoisotopic (exact) mass is 218 g/mol. The fourth-order valence-electron chi connectivity index (χ4n) is 2.03. The Hall–Kier alpha value is -1.35. The highest BCUT2D eigenvalue weighted by molar-refractivity contribution is 5.94. The zero-order valence-corrected chi connectivity index (χ0v) is 9.62. The fourth-order valence-corrected chi connectivity index (χ4v) is 2.03. The Morgan fingerprint density at radius 3 is 3.00 bits per heavy atom. The predicted octanol–water partition coefficient (Wildman–Crippen LogP) is 2.08. The molecule has 2 rings (SSSR count). The van der Waals surface area contributed by atoms with Crippen LogP contribution in [0.3, 0.4) is 0 Å². The van der Waals surface area contributed by atoms with E-state index in [-0.39, 0.29) is 11.9 Å².